The van der Waals surface area contributed by atoms with Crippen molar-refractivity contribution >= 4 is 78.0 Å². The molecule has 7 rings (SSSR count). The number of nitrogens with zero attached hydrogens (tertiary/aromatic N) is 2. The third-order valence-electron chi connectivity index (χ3n) is 17.3. The minimum atomic E-state index is -4.59. The van der Waals surface area contributed by atoms with Crippen molar-refractivity contribution in [3.63, 3.8) is 0 Å². The number of unbranched alkanes of at least 4 members (excludes halogenated alkanes) is 2. The molecule has 5 unspecified atom stereocenters. The highest BCUT2D eigenvalue weighted by Gasteiger charge is 2.47. The van der Waals surface area contributed by atoms with E-state index >= 15 is 0 Å². The fourth-order valence-electron chi connectivity index (χ4n) is 12.1. The number of carboxylic acid groups (broad SMARTS) is 1. The number of rotatable bonds is 15. The van der Waals surface area contributed by atoms with Crippen LogP contribution in [0.5, 0.6) is 5.75 Å². The summed E-state index contributed by atoms with van der Waals surface area (Å²) in [6.45, 7) is 11.6. The number of carbonyl (C=O) groups excluding carboxylic acids is 4. The van der Waals surface area contributed by atoms with E-state index in [4.69, 9.17) is 9.84 Å². The van der Waals surface area contributed by atoms with Crippen molar-refractivity contribution in [3.05, 3.63) is 124 Å². The highest BCUT2D eigenvalue weighted by atomic mass is 32.2. The molecule has 3 aliphatic heterocycles. The number of fused-ring (bicyclic) bond motifs is 6. The molecule has 8 N–H and O–H groups in total. The Morgan fingerprint density at radius 3 is 2.12 bits per heavy atom. The number of anilines is 1. The fourth-order valence-corrected chi connectivity index (χ4v) is 13.6. The largest absolute Gasteiger partial charge is 0.481 e. The lowest BCUT2D eigenvalue weighted by molar-refractivity contribution is -0.438. The Labute approximate surface area is 519 Å². The lowest BCUT2D eigenvalue weighted by Crippen LogP contribution is -2.52. The summed E-state index contributed by atoms with van der Waals surface area (Å²) in [5.41, 5.74) is 7.20. The number of carbonyl (C=O) groups is 5. The van der Waals surface area contributed by atoms with Gasteiger partial charge in [-0.25, -0.2) is 4.21 Å². The highest BCUT2D eigenvalue weighted by molar-refractivity contribution is 7.86. The van der Waals surface area contributed by atoms with Gasteiger partial charge in [0.15, 0.2) is 16.8 Å². The van der Waals surface area contributed by atoms with Crippen LogP contribution in [0.25, 0.3) is 0 Å². The van der Waals surface area contributed by atoms with Crippen molar-refractivity contribution in [2.24, 2.45) is 0 Å². The van der Waals surface area contributed by atoms with E-state index in [1.54, 1.807) is 6.07 Å². The van der Waals surface area contributed by atoms with Crippen molar-refractivity contribution in [1.29, 1.82) is 0 Å². The molecule has 5 atom stereocenters. The second-order valence-electron chi connectivity index (χ2n) is 23.5. The minimum absolute atomic E-state index is 0.0138. The lowest BCUT2D eigenvalue weighted by Gasteiger charge is -2.30. The first-order valence-corrected chi connectivity index (χ1v) is 34.6. The van der Waals surface area contributed by atoms with Crippen LogP contribution in [-0.4, -0.2) is 124 Å². The zero-order valence-corrected chi connectivity index (χ0v) is 53.3. The number of aryl methyl sites for hydroxylation is 1. The first-order valence-electron chi connectivity index (χ1n) is 30.4. The monoisotopic (exact) mass is 1270 g/mol. The molecular weight excluding hydrogens is 1190 g/mol. The molecule has 88 heavy (non-hydrogen) atoms. The lowest BCUT2D eigenvalue weighted by atomic mass is 9.76. The molecule has 0 spiro atoms. The predicted octanol–water partition coefficient (Wildman–Crippen LogP) is 8.92. The van der Waals surface area contributed by atoms with Crippen LogP contribution >= 0.6 is 0 Å². The van der Waals surface area contributed by atoms with E-state index in [0.717, 1.165) is 52.3 Å². The molecule has 4 amide bonds. The van der Waals surface area contributed by atoms with Gasteiger partial charge in [-0.05, 0) is 175 Å². The third kappa shape index (κ3) is 17.5. The van der Waals surface area contributed by atoms with Crippen LogP contribution in [0.2, 0.25) is 0 Å². The van der Waals surface area contributed by atoms with Gasteiger partial charge in [0.05, 0.1) is 21.0 Å². The number of ether oxygens (including phenoxy) is 1. The van der Waals surface area contributed by atoms with Crippen LogP contribution in [0.3, 0.4) is 0 Å². The normalized spacial score (nSPS) is 24.3. The van der Waals surface area contributed by atoms with Gasteiger partial charge in [-0.15, -0.1) is 0 Å². The zero-order valence-electron chi connectivity index (χ0n) is 50.9. The molecule has 3 aromatic carbocycles. The summed E-state index contributed by atoms with van der Waals surface area (Å²) >= 11 is -2.47. The van der Waals surface area contributed by atoms with Gasteiger partial charge in [0.25, 0.3) is 20.2 Å². The van der Waals surface area contributed by atoms with E-state index in [9.17, 15) is 58.7 Å². The summed E-state index contributed by atoms with van der Waals surface area (Å²) in [5.74, 6) is -2.81. The molecule has 0 saturated heterocycles. The van der Waals surface area contributed by atoms with Crippen LogP contribution in [0, 0.1) is 6.92 Å². The number of nitrogens with one attached hydrogen (secondary N) is 4. The summed E-state index contributed by atoms with van der Waals surface area (Å²) < 4.78 is 101. The Hall–Kier alpha value is -6.83. The van der Waals surface area contributed by atoms with Crippen LogP contribution in [0.1, 0.15) is 160 Å². The first-order chi connectivity index (χ1) is 41.8. The van der Waals surface area contributed by atoms with E-state index in [2.05, 4.69) is 81.9 Å². The van der Waals surface area contributed by atoms with Crippen molar-refractivity contribution in [3.8, 4) is 5.75 Å². The molecule has 3 heterocycles. The summed E-state index contributed by atoms with van der Waals surface area (Å²) in [5, 5.41) is 19.9. The van der Waals surface area contributed by atoms with Crippen LogP contribution in [-0.2, 0) is 66.1 Å². The molecule has 0 radical (unpaired) electrons. The first kappa shape index (κ1) is 68.7. The molecule has 3 aromatic rings. The zero-order chi connectivity index (χ0) is 64.0. The van der Waals surface area contributed by atoms with Crippen LogP contribution < -0.4 is 30.9 Å². The van der Waals surface area contributed by atoms with Gasteiger partial charge in [-0.2, -0.15) is 21.4 Å². The molecule has 0 fully saturated rings. The van der Waals surface area contributed by atoms with Crippen molar-refractivity contribution in [2.45, 2.75) is 183 Å². The average Bonchev–Trinajstić information content (AvgIpc) is 1.63. The fraction of sp³-hybridized carbons (Fsp3) is 0.500. The maximum absolute atomic E-state index is 13.6. The van der Waals surface area contributed by atoms with Gasteiger partial charge in [-0.3, -0.25) is 33.1 Å². The third-order valence-corrected chi connectivity index (χ3v) is 19.6. The Kier molecular flexibility index (Phi) is 23.9. The van der Waals surface area contributed by atoms with Crippen molar-refractivity contribution in [1.82, 2.24) is 21.3 Å². The molecule has 0 saturated carbocycles. The molecule has 2 bridgehead atoms. The van der Waals surface area contributed by atoms with E-state index < -0.39 is 89.6 Å². The van der Waals surface area contributed by atoms with E-state index in [1.165, 1.54) is 42.0 Å². The quantitative estimate of drug-likeness (QED) is 0.0305. The molecule has 478 valence electrons. The molecule has 1 aliphatic carbocycles. The summed E-state index contributed by atoms with van der Waals surface area (Å²) in [7, 11) is -9.09. The van der Waals surface area contributed by atoms with E-state index in [-0.39, 0.29) is 48.6 Å². The number of amides is 4. The topological polar surface area (TPSA) is 315 Å². The predicted molar refractivity (Wildman–Crippen MR) is 336 cm³/mol. The number of allylic oxidation sites excluding steroid dienone is 7. The van der Waals surface area contributed by atoms with Crippen molar-refractivity contribution < 1.29 is 73.1 Å². The minimum Gasteiger partial charge on any atom is -0.481 e. The molecule has 4 aliphatic rings. The van der Waals surface area contributed by atoms with Gasteiger partial charge < -0.3 is 40.6 Å². The molecule has 21 nitrogen and oxygen atoms in total. The Morgan fingerprint density at radius 1 is 0.773 bits per heavy atom. The van der Waals surface area contributed by atoms with E-state index in [1.807, 2.05) is 26.0 Å². The highest BCUT2D eigenvalue weighted by Crippen LogP contribution is 2.51. The van der Waals surface area contributed by atoms with Gasteiger partial charge >= 0.3 is 5.97 Å². The number of benzene rings is 3. The van der Waals surface area contributed by atoms with Gasteiger partial charge in [-0.1, -0.05) is 44.4 Å². The maximum atomic E-state index is 13.6. The second kappa shape index (κ2) is 30.6. The standard InChI is InChI=1S/C64H84N6O15S3/c1-6-63(4)49-40-43(3)23-31-53(49)69-38-15-10-12-21-58(72)68-52(42-86(77)78)62(76)66-37-35-51(61(75)65-36-14-8-13-22-59(73)74)67-57(71)20-11-9-16-39-70-54-32-30-48(88(82,83)84)41-50(54)64(5,7-2)56(70)34-25-45-19-17-18-44(24-33-55(63)69)60(45)85-46-26-28-47(29-27-46)87(79,80)81/h23-34,40-41,51-52H,6-22,35-39,42H2,1-5H3,(H7-,65,66,67,68,71,72,73,74,75,76,77,78,79,80,81,82,83,84)/p+1. The SMILES string of the molecule is CCC1(C)C2=[N+](CCCCCC(=O)NC(CS(=O)O)C(=O)NCCC(C(=O)NCCCCCC(=O)O)NC(=O)CCCCCN3/C(=C/C=C4\CCCC(=C4Oc4ccc(S(=O)(=O)O)cc4)/C=C/2)C(C)(CC)c2cc(S(=O)(=O)O)ccc23)c2ccc(C)cc21. The van der Waals surface area contributed by atoms with Crippen LogP contribution in [0.15, 0.2) is 117 Å². The maximum Gasteiger partial charge on any atom is 0.303 e. The summed E-state index contributed by atoms with van der Waals surface area (Å²) in [6, 6.07) is 14.1. The van der Waals surface area contributed by atoms with E-state index in [0.29, 0.717) is 107 Å². The summed E-state index contributed by atoms with van der Waals surface area (Å²) in [4.78, 5) is 66.9. The Balaban J connectivity index is 1.29. The van der Waals surface area contributed by atoms with Gasteiger partial charge in [0, 0.05) is 79.8 Å². The Bertz CT molecular complexity index is 3520. The summed E-state index contributed by atoms with van der Waals surface area (Å²) in [6.07, 6.45) is 16.2. The molecular formula is C64H85N6O15S3+. The average molecular weight is 1270 g/mol. The smallest absolute Gasteiger partial charge is 0.303 e. The van der Waals surface area contributed by atoms with Crippen LogP contribution in [0.4, 0.5) is 11.4 Å². The number of hydrogen-bond acceptors (Lipinski definition) is 12. The number of aliphatic carboxylic acids is 1. The molecule has 0 aromatic heterocycles. The number of hydrogen-bond donors (Lipinski definition) is 8. The Morgan fingerprint density at radius 2 is 1.45 bits per heavy atom. The second-order valence-corrected chi connectivity index (χ2v) is 27.3. The van der Waals surface area contributed by atoms with Crippen molar-refractivity contribution in [2.75, 3.05) is 36.8 Å². The molecule has 24 heteroatoms. The number of carboxylic acids is 1. The van der Waals surface area contributed by atoms with Gasteiger partial charge in [0.2, 0.25) is 29.3 Å². The van der Waals surface area contributed by atoms with Gasteiger partial charge in [0.1, 0.15) is 30.1 Å².